The number of benzene rings is 1. The number of aliphatic carboxylic acids is 2. The Bertz CT molecular complexity index is 758. The van der Waals surface area contributed by atoms with E-state index in [1.807, 2.05) is 0 Å². The van der Waals surface area contributed by atoms with Gasteiger partial charge in [0.25, 0.3) is 0 Å². The summed E-state index contributed by atoms with van der Waals surface area (Å²) in [6, 6.07) is 5.25. The van der Waals surface area contributed by atoms with E-state index in [0.29, 0.717) is 49.8 Å². The number of methoxy groups -OCH3 is 2. The summed E-state index contributed by atoms with van der Waals surface area (Å²) in [4.78, 5) is 46.0. The van der Waals surface area contributed by atoms with Crippen LogP contribution in [0.4, 0.5) is 10.5 Å². The van der Waals surface area contributed by atoms with Crippen molar-refractivity contribution in [2.45, 2.75) is 13.3 Å². The Hall–Kier alpha value is -3.54. The molecule has 1 aromatic carbocycles. The van der Waals surface area contributed by atoms with E-state index in [2.05, 4.69) is 10.2 Å². The van der Waals surface area contributed by atoms with Crippen molar-refractivity contribution in [3.63, 3.8) is 0 Å². The second kappa shape index (κ2) is 13.7. The van der Waals surface area contributed by atoms with Gasteiger partial charge in [-0.05, 0) is 6.92 Å². The molecule has 1 saturated heterocycles. The largest absolute Gasteiger partial charge is 0.497 e. The molecule has 12 nitrogen and oxygen atoms in total. The molecule has 2 amide bonds. The summed E-state index contributed by atoms with van der Waals surface area (Å²) in [7, 11) is 3.13. The number of carboxylic acid groups (broad SMARTS) is 2. The van der Waals surface area contributed by atoms with Crippen molar-refractivity contribution in [3.05, 3.63) is 18.2 Å². The zero-order valence-corrected chi connectivity index (χ0v) is 18.3. The van der Waals surface area contributed by atoms with Gasteiger partial charge in [-0.3, -0.25) is 9.69 Å². The number of hydrogen-bond donors (Lipinski definition) is 3. The van der Waals surface area contributed by atoms with Gasteiger partial charge < -0.3 is 34.6 Å². The molecule has 32 heavy (non-hydrogen) atoms. The monoisotopic (exact) mass is 455 g/mol. The van der Waals surface area contributed by atoms with Gasteiger partial charge in [0.2, 0.25) is 5.91 Å². The molecule has 0 aliphatic carbocycles. The molecule has 0 saturated carbocycles. The molecule has 1 aromatic rings. The first-order chi connectivity index (χ1) is 15.2. The number of carbonyl (C=O) groups is 4. The van der Waals surface area contributed by atoms with Crippen LogP contribution in [-0.2, 0) is 19.1 Å². The number of piperazine rings is 1. The Morgan fingerprint density at radius 1 is 0.938 bits per heavy atom. The first kappa shape index (κ1) is 26.5. The third-order valence-electron chi connectivity index (χ3n) is 4.37. The number of rotatable bonds is 7. The van der Waals surface area contributed by atoms with E-state index in [0.717, 1.165) is 13.1 Å². The molecule has 1 aliphatic rings. The van der Waals surface area contributed by atoms with Crippen molar-refractivity contribution >= 4 is 29.6 Å². The number of hydrogen-bond acceptors (Lipinski definition) is 8. The molecule has 0 aromatic heterocycles. The van der Waals surface area contributed by atoms with Gasteiger partial charge in [-0.15, -0.1) is 0 Å². The predicted molar refractivity (Wildman–Crippen MR) is 113 cm³/mol. The molecule has 0 spiro atoms. The van der Waals surface area contributed by atoms with Crippen LogP contribution in [-0.4, -0.2) is 97.5 Å². The van der Waals surface area contributed by atoms with Gasteiger partial charge in [0, 0.05) is 63.0 Å². The molecular weight excluding hydrogens is 426 g/mol. The van der Waals surface area contributed by atoms with E-state index in [9.17, 15) is 9.59 Å². The average Bonchev–Trinajstić information content (AvgIpc) is 2.78. The molecular formula is C20H29N3O9. The number of carboxylic acids is 2. The normalized spacial score (nSPS) is 13.3. The van der Waals surface area contributed by atoms with Gasteiger partial charge in [0.15, 0.2) is 0 Å². The summed E-state index contributed by atoms with van der Waals surface area (Å²) in [6.07, 6.45) is 0.107. The van der Waals surface area contributed by atoms with Gasteiger partial charge in [0.05, 0.1) is 20.8 Å². The number of anilines is 1. The van der Waals surface area contributed by atoms with Crippen LogP contribution in [0.3, 0.4) is 0 Å². The second-order valence-corrected chi connectivity index (χ2v) is 6.54. The van der Waals surface area contributed by atoms with Crippen molar-refractivity contribution < 1.29 is 43.6 Å². The second-order valence-electron chi connectivity index (χ2n) is 6.54. The van der Waals surface area contributed by atoms with Crippen molar-refractivity contribution in [2.24, 2.45) is 0 Å². The lowest BCUT2D eigenvalue weighted by molar-refractivity contribution is -0.159. The quantitative estimate of drug-likeness (QED) is 0.506. The van der Waals surface area contributed by atoms with Gasteiger partial charge in [-0.25, -0.2) is 14.4 Å². The number of ether oxygens (including phenoxy) is 3. The fraction of sp³-hybridized carbons (Fsp3) is 0.500. The van der Waals surface area contributed by atoms with Gasteiger partial charge in [0.1, 0.15) is 11.5 Å². The molecule has 1 heterocycles. The maximum atomic E-state index is 12.2. The van der Waals surface area contributed by atoms with Crippen LogP contribution in [0.15, 0.2) is 18.2 Å². The Labute approximate surface area is 185 Å². The Morgan fingerprint density at radius 3 is 1.91 bits per heavy atom. The van der Waals surface area contributed by atoms with Gasteiger partial charge in [-0.1, -0.05) is 0 Å². The standard InChI is InChI=1S/C18H27N3O5.C2H2O4/c1-4-26-18(23)21-9-7-20(8-10-21)6-5-17(22)19-14-11-15(24-2)13-16(12-14)25-3;3-1(4)2(5)6/h11-13H,4-10H2,1-3H3,(H,19,22);(H,3,4)(H,5,6). The molecule has 0 radical (unpaired) electrons. The predicted octanol–water partition coefficient (Wildman–Crippen LogP) is 0.962. The number of nitrogens with zero attached hydrogens (tertiary/aromatic N) is 2. The van der Waals surface area contributed by atoms with E-state index >= 15 is 0 Å². The summed E-state index contributed by atoms with van der Waals surface area (Å²) in [6.45, 7) is 5.53. The third kappa shape index (κ3) is 9.51. The number of carbonyl (C=O) groups excluding carboxylic acids is 2. The fourth-order valence-electron chi connectivity index (χ4n) is 2.73. The first-order valence-electron chi connectivity index (χ1n) is 9.83. The molecule has 178 valence electrons. The zero-order chi connectivity index (χ0) is 24.1. The summed E-state index contributed by atoms with van der Waals surface area (Å²) >= 11 is 0. The number of nitrogens with one attached hydrogen (secondary N) is 1. The Balaban J connectivity index is 0.000000751. The summed E-state index contributed by atoms with van der Waals surface area (Å²) in [5.41, 5.74) is 0.637. The number of amides is 2. The van der Waals surface area contributed by atoms with Crippen LogP contribution in [0.25, 0.3) is 0 Å². The van der Waals surface area contributed by atoms with E-state index in [4.69, 9.17) is 34.0 Å². The highest BCUT2D eigenvalue weighted by Gasteiger charge is 2.22. The van der Waals surface area contributed by atoms with E-state index in [-0.39, 0.29) is 12.0 Å². The summed E-state index contributed by atoms with van der Waals surface area (Å²) < 4.78 is 15.4. The molecule has 3 N–H and O–H groups in total. The minimum atomic E-state index is -1.82. The molecule has 0 atom stereocenters. The summed E-state index contributed by atoms with van der Waals surface area (Å²) in [5, 5.41) is 17.6. The van der Waals surface area contributed by atoms with E-state index in [1.54, 1.807) is 44.2 Å². The van der Waals surface area contributed by atoms with E-state index in [1.165, 1.54) is 0 Å². The van der Waals surface area contributed by atoms with Crippen LogP contribution in [0, 0.1) is 0 Å². The van der Waals surface area contributed by atoms with Gasteiger partial charge >= 0.3 is 18.0 Å². The van der Waals surface area contributed by atoms with Crippen molar-refractivity contribution in [2.75, 3.05) is 58.9 Å². The molecule has 1 fully saturated rings. The highest BCUT2D eigenvalue weighted by Crippen LogP contribution is 2.25. The Morgan fingerprint density at radius 2 is 1.47 bits per heavy atom. The topological polar surface area (TPSA) is 155 Å². The van der Waals surface area contributed by atoms with Crippen LogP contribution in [0.5, 0.6) is 11.5 Å². The van der Waals surface area contributed by atoms with Crippen LogP contribution in [0.1, 0.15) is 13.3 Å². The molecule has 1 aliphatic heterocycles. The summed E-state index contributed by atoms with van der Waals surface area (Å²) in [5.74, 6) is -2.48. The average molecular weight is 455 g/mol. The van der Waals surface area contributed by atoms with Crippen molar-refractivity contribution in [1.29, 1.82) is 0 Å². The van der Waals surface area contributed by atoms with Crippen molar-refractivity contribution in [1.82, 2.24) is 9.80 Å². The lowest BCUT2D eigenvalue weighted by atomic mass is 10.2. The highest BCUT2D eigenvalue weighted by molar-refractivity contribution is 6.27. The maximum absolute atomic E-state index is 12.2. The van der Waals surface area contributed by atoms with Crippen LogP contribution >= 0.6 is 0 Å². The molecule has 0 bridgehead atoms. The Kier molecular flexibility index (Phi) is 11.3. The zero-order valence-electron chi connectivity index (χ0n) is 18.3. The minimum Gasteiger partial charge on any atom is -0.497 e. The SMILES string of the molecule is CCOC(=O)N1CCN(CCC(=O)Nc2cc(OC)cc(OC)c2)CC1.O=C(O)C(=O)O. The maximum Gasteiger partial charge on any atom is 0.414 e. The molecule has 0 unspecified atom stereocenters. The molecule has 2 rings (SSSR count). The van der Waals surface area contributed by atoms with Crippen LogP contribution in [0.2, 0.25) is 0 Å². The lowest BCUT2D eigenvalue weighted by Crippen LogP contribution is -2.49. The van der Waals surface area contributed by atoms with Crippen molar-refractivity contribution in [3.8, 4) is 11.5 Å². The smallest absolute Gasteiger partial charge is 0.414 e. The third-order valence-corrected chi connectivity index (χ3v) is 4.37. The fourth-order valence-corrected chi connectivity index (χ4v) is 2.73. The highest BCUT2D eigenvalue weighted by atomic mass is 16.6. The minimum absolute atomic E-state index is 0.0758. The van der Waals surface area contributed by atoms with E-state index < -0.39 is 11.9 Å². The van der Waals surface area contributed by atoms with Crippen LogP contribution < -0.4 is 14.8 Å². The molecule has 12 heteroatoms. The first-order valence-corrected chi connectivity index (χ1v) is 9.83. The lowest BCUT2D eigenvalue weighted by Gasteiger charge is -2.33. The van der Waals surface area contributed by atoms with Gasteiger partial charge in [-0.2, -0.15) is 0 Å².